The second-order valence-corrected chi connectivity index (χ2v) is 3.97. The van der Waals surface area contributed by atoms with Crippen LogP contribution in [0.15, 0.2) is 44.1 Å². The normalized spacial score (nSPS) is 11.3. The first-order valence-corrected chi connectivity index (χ1v) is 5.11. The van der Waals surface area contributed by atoms with Crippen LogP contribution in [0.4, 0.5) is 0 Å². The lowest BCUT2D eigenvalue weighted by atomic mass is 10.3. The molecular formula is C10H5BrN2O2. The lowest BCUT2D eigenvalue weighted by molar-refractivity contribution is 0.633. The molecule has 0 atom stereocenters. The third-order valence-corrected chi connectivity index (χ3v) is 2.72. The average molecular weight is 265 g/mol. The number of fused-ring (bicyclic) bond motifs is 3. The minimum atomic E-state index is -0.325. The van der Waals surface area contributed by atoms with Crippen molar-refractivity contribution < 1.29 is 4.42 Å². The Labute approximate surface area is 92.3 Å². The summed E-state index contributed by atoms with van der Waals surface area (Å²) in [5, 5.41) is 0. The zero-order valence-corrected chi connectivity index (χ0v) is 9.06. The molecule has 0 bridgehead atoms. The quantitative estimate of drug-likeness (QED) is 0.626. The van der Waals surface area contributed by atoms with E-state index >= 15 is 0 Å². The van der Waals surface area contributed by atoms with Gasteiger partial charge >= 0.3 is 5.84 Å². The summed E-state index contributed by atoms with van der Waals surface area (Å²) in [6.45, 7) is 0. The summed E-state index contributed by atoms with van der Waals surface area (Å²) in [7, 11) is 0. The van der Waals surface area contributed by atoms with Gasteiger partial charge in [-0.2, -0.15) is 4.98 Å². The summed E-state index contributed by atoms with van der Waals surface area (Å²) in [6, 6.07) is 7.52. The van der Waals surface area contributed by atoms with Gasteiger partial charge in [0.15, 0.2) is 5.58 Å². The van der Waals surface area contributed by atoms with Gasteiger partial charge in [-0.3, -0.25) is 9.20 Å². The molecule has 5 heteroatoms. The van der Waals surface area contributed by atoms with E-state index in [2.05, 4.69) is 20.9 Å². The minimum Gasteiger partial charge on any atom is -0.423 e. The van der Waals surface area contributed by atoms with Gasteiger partial charge in [-0.15, -0.1) is 0 Å². The second-order valence-electron chi connectivity index (χ2n) is 3.12. The van der Waals surface area contributed by atoms with Crippen LogP contribution in [0, 0.1) is 0 Å². The fourth-order valence-corrected chi connectivity index (χ4v) is 1.80. The summed E-state index contributed by atoms with van der Waals surface area (Å²) in [5.74, 6) is 0.310. The fourth-order valence-electron chi connectivity index (χ4n) is 1.50. The van der Waals surface area contributed by atoms with Gasteiger partial charge in [0, 0.05) is 6.20 Å². The molecule has 0 aliphatic heterocycles. The van der Waals surface area contributed by atoms with Crippen molar-refractivity contribution in [3.63, 3.8) is 0 Å². The number of halogens is 1. The number of aromatic nitrogens is 2. The monoisotopic (exact) mass is 264 g/mol. The number of hydrogen-bond acceptors (Lipinski definition) is 3. The Morgan fingerprint density at radius 3 is 3.00 bits per heavy atom. The Kier molecular flexibility index (Phi) is 1.70. The van der Waals surface area contributed by atoms with Crippen molar-refractivity contribution in [1.82, 2.24) is 9.38 Å². The number of rotatable bonds is 0. The van der Waals surface area contributed by atoms with E-state index < -0.39 is 0 Å². The maximum Gasteiger partial charge on any atom is 0.310 e. The predicted molar refractivity (Wildman–Crippen MR) is 58.9 cm³/mol. The van der Waals surface area contributed by atoms with Crippen LogP contribution >= 0.6 is 15.9 Å². The summed E-state index contributed by atoms with van der Waals surface area (Å²) in [6.07, 6.45) is 1.66. The van der Waals surface area contributed by atoms with E-state index in [1.54, 1.807) is 10.6 Å². The number of para-hydroxylation sites is 2. The second kappa shape index (κ2) is 2.93. The standard InChI is InChI=1S/C10H5BrN2O2/c11-6-5-13-7-3-1-2-4-8(7)15-10(13)12-9(6)14/h1-5H. The predicted octanol–water partition coefficient (Wildman–Crippen LogP) is 2.20. The van der Waals surface area contributed by atoms with E-state index in [4.69, 9.17) is 4.42 Å². The molecule has 3 rings (SSSR count). The molecule has 2 aromatic heterocycles. The number of hydrogen-bond donors (Lipinski definition) is 0. The molecule has 0 N–H and O–H groups in total. The third-order valence-electron chi connectivity index (χ3n) is 2.18. The molecular weight excluding hydrogens is 260 g/mol. The minimum absolute atomic E-state index is 0.310. The van der Waals surface area contributed by atoms with Crippen LogP contribution in [0.5, 0.6) is 0 Å². The van der Waals surface area contributed by atoms with E-state index in [1.807, 2.05) is 24.3 Å². The highest BCUT2D eigenvalue weighted by Gasteiger charge is 2.07. The van der Waals surface area contributed by atoms with E-state index in [0.717, 1.165) is 5.52 Å². The molecule has 15 heavy (non-hydrogen) atoms. The van der Waals surface area contributed by atoms with Crippen LogP contribution in [0.25, 0.3) is 16.9 Å². The maximum atomic E-state index is 11.3. The van der Waals surface area contributed by atoms with Gasteiger partial charge in [0.25, 0.3) is 5.56 Å². The number of nitrogens with zero attached hydrogens (tertiary/aromatic N) is 2. The topological polar surface area (TPSA) is 47.5 Å². The lowest BCUT2D eigenvalue weighted by Gasteiger charge is -1.92. The first-order chi connectivity index (χ1) is 7.25. The molecule has 0 aliphatic rings. The van der Waals surface area contributed by atoms with Crippen LogP contribution in [0.3, 0.4) is 0 Å². The molecule has 2 heterocycles. The Morgan fingerprint density at radius 2 is 2.13 bits per heavy atom. The number of benzene rings is 1. The van der Waals surface area contributed by atoms with E-state index in [9.17, 15) is 4.79 Å². The van der Waals surface area contributed by atoms with Crippen LogP contribution < -0.4 is 5.56 Å². The average Bonchev–Trinajstić information content (AvgIpc) is 2.57. The highest BCUT2D eigenvalue weighted by molar-refractivity contribution is 9.10. The Balaban J connectivity index is 2.61. The van der Waals surface area contributed by atoms with Crippen molar-refractivity contribution in [3.05, 3.63) is 45.3 Å². The van der Waals surface area contributed by atoms with Crippen molar-refractivity contribution in [2.75, 3.05) is 0 Å². The van der Waals surface area contributed by atoms with Gasteiger partial charge < -0.3 is 4.42 Å². The zero-order valence-electron chi connectivity index (χ0n) is 7.48. The highest BCUT2D eigenvalue weighted by atomic mass is 79.9. The molecule has 3 aromatic rings. The van der Waals surface area contributed by atoms with Crippen molar-refractivity contribution in [2.45, 2.75) is 0 Å². The van der Waals surface area contributed by atoms with Crippen LogP contribution in [0.2, 0.25) is 0 Å². The molecule has 0 amide bonds. The van der Waals surface area contributed by atoms with Gasteiger partial charge in [0.05, 0.1) is 5.52 Å². The molecule has 1 aromatic carbocycles. The zero-order chi connectivity index (χ0) is 10.4. The lowest BCUT2D eigenvalue weighted by Crippen LogP contribution is -2.08. The van der Waals surface area contributed by atoms with Gasteiger partial charge in [0.2, 0.25) is 0 Å². The van der Waals surface area contributed by atoms with Gasteiger partial charge in [-0.1, -0.05) is 12.1 Å². The van der Waals surface area contributed by atoms with Gasteiger partial charge in [0.1, 0.15) is 4.47 Å². The molecule has 0 saturated heterocycles. The van der Waals surface area contributed by atoms with Gasteiger partial charge in [-0.25, -0.2) is 0 Å². The largest absolute Gasteiger partial charge is 0.423 e. The van der Waals surface area contributed by atoms with Crippen LogP contribution in [-0.2, 0) is 0 Å². The fraction of sp³-hybridized carbons (Fsp3) is 0. The van der Waals surface area contributed by atoms with Crippen LogP contribution in [-0.4, -0.2) is 9.38 Å². The molecule has 0 spiro atoms. The van der Waals surface area contributed by atoms with Crippen molar-refractivity contribution in [2.24, 2.45) is 0 Å². The van der Waals surface area contributed by atoms with E-state index in [0.29, 0.717) is 15.9 Å². The van der Waals surface area contributed by atoms with Crippen molar-refractivity contribution in [1.29, 1.82) is 0 Å². The molecule has 0 unspecified atom stereocenters. The van der Waals surface area contributed by atoms with Crippen molar-refractivity contribution >= 4 is 32.9 Å². The first kappa shape index (κ1) is 8.67. The SMILES string of the molecule is O=c1nc2oc3ccccc3n2cc1Br. The smallest absolute Gasteiger partial charge is 0.310 e. The Bertz CT molecular complexity index is 714. The Morgan fingerprint density at radius 1 is 1.33 bits per heavy atom. The summed E-state index contributed by atoms with van der Waals surface area (Å²) in [4.78, 5) is 15.1. The van der Waals surface area contributed by atoms with Crippen molar-refractivity contribution in [3.8, 4) is 0 Å². The molecule has 0 aliphatic carbocycles. The Hall–Kier alpha value is -1.62. The molecule has 74 valence electrons. The summed E-state index contributed by atoms with van der Waals surface area (Å²) in [5.41, 5.74) is 1.28. The maximum absolute atomic E-state index is 11.3. The molecule has 0 radical (unpaired) electrons. The van der Waals surface area contributed by atoms with Gasteiger partial charge in [-0.05, 0) is 28.1 Å². The highest BCUT2D eigenvalue weighted by Crippen LogP contribution is 2.18. The summed E-state index contributed by atoms with van der Waals surface area (Å²) < 4.78 is 7.58. The molecule has 4 nitrogen and oxygen atoms in total. The molecule has 0 fully saturated rings. The van der Waals surface area contributed by atoms with Crippen LogP contribution in [0.1, 0.15) is 0 Å². The molecule has 0 saturated carbocycles. The number of oxazole rings is 1. The third kappa shape index (κ3) is 1.20. The summed E-state index contributed by atoms with van der Waals surface area (Å²) >= 11 is 3.15. The van der Waals surface area contributed by atoms with E-state index in [-0.39, 0.29) is 5.56 Å². The first-order valence-electron chi connectivity index (χ1n) is 4.32. The van der Waals surface area contributed by atoms with E-state index in [1.165, 1.54) is 0 Å².